The molecule has 0 saturated carbocycles. The van der Waals surface area contributed by atoms with E-state index in [1.165, 1.54) is 27.7 Å². The lowest BCUT2D eigenvalue weighted by molar-refractivity contribution is 0.245. The molecule has 3 nitrogen and oxygen atoms in total. The van der Waals surface area contributed by atoms with E-state index in [-0.39, 0.29) is 0 Å². The number of benzene rings is 1. The van der Waals surface area contributed by atoms with Crippen LogP contribution in [0.3, 0.4) is 0 Å². The third-order valence-corrected chi connectivity index (χ3v) is 5.80. The number of hydrogen-bond donors (Lipinski definition) is 0. The van der Waals surface area contributed by atoms with E-state index in [9.17, 15) is 0 Å². The first kappa shape index (κ1) is 15.9. The second kappa shape index (κ2) is 6.34. The molecule has 1 unspecified atom stereocenters. The first-order valence-corrected chi connectivity index (χ1v) is 9.34. The summed E-state index contributed by atoms with van der Waals surface area (Å²) in [7, 11) is 2.23. The van der Waals surface area contributed by atoms with Crippen LogP contribution in [-0.4, -0.2) is 28.0 Å². The standard InChI is InChI=1S/C20H22BrN3/c1-14-20-17-12-16(21)5-6-18(17)24(19(20)8-10-23(14)2)11-7-15-4-3-9-22-13-15/h3-6,9,12-14H,7-8,10-11H2,1-2H3. The zero-order valence-corrected chi connectivity index (χ0v) is 15.8. The fourth-order valence-corrected chi connectivity index (χ4v) is 4.24. The van der Waals surface area contributed by atoms with E-state index in [0.29, 0.717) is 6.04 Å². The Bertz CT molecular complexity index is 869. The number of aromatic nitrogens is 2. The Kier molecular flexibility index (Phi) is 4.19. The fraction of sp³-hybridized carbons (Fsp3) is 0.350. The molecule has 0 bridgehead atoms. The maximum absolute atomic E-state index is 4.25. The van der Waals surface area contributed by atoms with Crippen LogP contribution in [0.2, 0.25) is 0 Å². The Morgan fingerprint density at radius 2 is 2.17 bits per heavy atom. The molecule has 0 amide bonds. The van der Waals surface area contributed by atoms with Crippen LogP contribution >= 0.6 is 15.9 Å². The van der Waals surface area contributed by atoms with Crippen LogP contribution in [0.5, 0.6) is 0 Å². The third-order valence-electron chi connectivity index (χ3n) is 5.30. The Labute approximate surface area is 151 Å². The summed E-state index contributed by atoms with van der Waals surface area (Å²) in [5, 5.41) is 1.39. The molecule has 1 aliphatic rings. The van der Waals surface area contributed by atoms with Gasteiger partial charge >= 0.3 is 0 Å². The topological polar surface area (TPSA) is 21.1 Å². The lowest BCUT2D eigenvalue weighted by Gasteiger charge is -2.31. The van der Waals surface area contributed by atoms with E-state index in [2.05, 4.69) is 68.6 Å². The van der Waals surface area contributed by atoms with Crippen LogP contribution < -0.4 is 0 Å². The Morgan fingerprint density at radius 1 is 1.29 bits per heavy atom. The highest BCUT2D eigenvalue weighted by Gasteiger charge is 2.27. The zero-order chi connectivity index (χ0) is 16.7. The molecule has 1 aliphatic heterocycles. The average molecular weight is 384 g/mol. The van der Waals surface area contributed by atoms with Gasteiger partial charge in [0.1, 0.15) is 0 Å². The number of aryl methyl sites for hydroxylation is 2. The van der Waals surface area contributed by atoms with Crippen molar-refractivity contribution < 1.29 is 0 Å². The van der Waals surface area contributed by atoms with Crippen molar-refractivity contribution in [3.63, 3.8) is 0 Å². The molecule has 0 fully saturated rings. The molecule has 4 heteroatoms. The summed E-state index contributed by atoms with van der Waals surface area (Å²) in [6, 6.07) is 11.3. The smallest absolute Gasteiger partial charge is 0.0486 e. The number of nitrogens with zero attached hydrogens (tertiary/aromatic N) is 3. The molecule has 1 aromatic carbocycles. The van der Waals surface area contributed by atoms with Crippen molar-refractivity contribution in [1.82, 2.24) is 14.5 Å². The van der Waals surface area contributed by atoms with Crippen LogP contribution in [0.15, 0.2) is 47.2 Å². The second-order valence-electron chi connectivity index (χ2n) is 6.69. The predicted molar refractivity (Wildman–Crippen MR) is 102 cm³/mol. The first-order chi connectivity index (χ1) is 11.6. The minimum absolute atomic E-state index is 0.463. The summed E-state index contributed by atoms with van der Waals surface area (Å²) in [4.78, 5) is 6.70. The summed E-state index contributed by atoms with van der Waals surface area (Å²) in [6.07, 6.45) is 5.95. The van der Waals surface area contributed by atoms with Crippen molar-refractivity contribution in [2.75, 3.05) is 13.6 Å². The Hall–Kier alpha value is -1.65. The van der Waals surface area contributed by atoms with Crippen LogP contribution in [0.25, 0.3) is 10.9 Å². The predicted octanol–water partition coefficient (Wildman–Crippen LogP) is 4.59. The van der Waals surface area contributed by atoms with Crippen molar-refractivity contribution in [3.05, 3.63) is 64.0 Å². The van der Waals surface area contributed by atoms with Crippen molar-refractivity contribution in [1.29, 1.82) is 0 Å². The van der Waals surface area contributed by atoms with Gasteiger partial charge in [0.05, 0.1) is 0 Å². The maximum atomic E-state index is 4.25. The molecule has 3 heterocycles. The van der Waals surface area contributed by atoms with Crippen molar-refractivity contribution in [2.45, 2.75) is 32.4 Å². The van der Waals surface area contributed by atoms with Gasteiger partial charge < -0.3 is 4.57 Å². The van der Waals surface area contributed by atoms with Crippen LogP contribution in [0.1, 0.15) is 29.8 Å². The van der Waals surface area contributed by atoms with Crippen LogP contribution in [-0.2, 0) is 19.4 Å². The van der Waals surface area contributed by atoms with Gasteiger partial charge in [-0.05, 0) is 55.8 Å². The summed E-state index contributed by atoms with van der Waals surface area (Å²) >= 11 is 3.65. The molecule has 24 heavy (non-hydrogen) atoms. The monoisotopic (exact) mass is 383 g/mol. The number of halogens is 1. The molecule has 124 valence electrons. The molecule has 0 saturated heterocycles. The summed E-state index contributed by atoms with van der Waals surface area (Å²) in [5.41, 5.74) is 5.67. The van der Waals surface area contributed by atoms with Gasteiger partial charge in [0.25, 0.3) is 0 Å². The molecule has 0 N–H and O–H groups in total. The van der Waals surface area contributed by atoms with Gasteiger partial charge in [0.15, 0.2) is 0 Å². The minimum atomic E-state index is 0.463. The molecule has 0 aliphatic carbocycles. The van der Waals surface area contributed by atoms with Gasteiger partial charge in [0, 0.05) is 59.0 Å². The van der Waals surface area contributed by atoms with E-state index < -0.39 is 0 Å². The van der Waals surface area contributed by atoms with Crippen LogP contribution in [0, 0.1) is 0 Å². The minimum Gasteiger partial charge on any atom is -0.344 e. The number of likely N-dealkylation sites (N-methyl/N-ethyl adjacent to an activating group) is 1. The number of hydrogen-bond acceptors (Lipinski definition) is 2. The zero-order valence-electron chi connectivity index (χ0n) is 14.2. The molecule has 0 radical (unpaired) electrons. The van der Waals surface area contributed by atoms with E-state index >= 15 is 0 Å². The third kappa shape index (κ3) is 2.68. The molecule has 0 spiro atoms. The maximum Gasteiger partial charge on any atom is 0.0486 e. The van der Waals surface area contributed by atoms with Gasteiger partial charge in [-0.15, -0.1) is 0 Å². The Balaban J connectivity index is 1.80. The van der Waals surface area contributed by atoms with E-state index in [4.69, 9.17) is 0 Å². The number of rotatable bonds is 3. The molecule has 4 rings (SSSR count). The lowest BCUT2D eigenvalue weighted by Crippen LogP contribution is -2.31. The van der Waals surface area contributed by atoms with Gasteiger partial charge in [0.2, 0.25) is 0 Å². The molecular weight excluding hydrogens is 362 g/mol. The highest BCUT2D eigenvalue weighted by molar-refractivity contribution is 9.10. The molecular formula is C20H22BrN3. The quantitative estimate of drug-likeness (QED) is 0.659. The van der Waals surface area contributed by atoms with Crippen molar-refractivity contribution in [2.24, 2.45) is 0 Å². The summed E-state index contributed by atoms with van der Waals surface area (Å²) < 4.78 is 3.69. The fourth-order valence-electron chi connectivity index (χ4n) is 3.88. The molecule has 3 aromatic rings. The van der Waals surface area contributed by atoms with Gasteiger partial charge in [-0.2, -0.15) is 0 Å². The van der Waals surface area contributed by atoms with Crippen LogP contribution in [0.4, 0.5) is 0 Å². The first-order valence-electron chi connectivity index (χ1n) is 8.55. The van der Waals surface area contributed by atoms with Gasteiger partial charge in [-0.25, -0.2) is 0 Å². The normalized spacial score (nSPS) is 18.0. The number of pyridine rings is 1. The highest BCUT2D eigenvalue weighted by Crippen LogP contribution is 2.38. The Morgan fingerprint density at radius 3 is 2.96 bits per heavy atom. The van der Waals surface area contributed by atoms with E-state index in [0.717, 1.165) is 30.4 Å². The second-order valence-corrected chi connectivity index (χ2v) is 7.61. The average Bonchev–Trinajstić information content (AvgIpc) is 2.90. The highest BCUT2D eigenvalue weighted by atomic mass is 79.9. The largest absolute Gasteiger partial charge is 0.344 e. The lowest BCUT2D eigenvalue weighted by atomic mass is 9.97. The van der Waals surface area contributed by atoms with E-state index in [1.807, 2.05) is 18.5 Å². The SMILES string of the molecule is CC1c2c(n(CCc3cccnc3)c3ccc(Br)cc23)CCN1C. The van der Waals surface area contributed by atoms with Gasteiger partial charge in [-0.1, -0.05) is 22.0 Å². The molecule has 1 atom stereocenters. The number of fused-ring (bicyclic) bond motifs is 3. The summed E-state index contributed by atoms with van der Waals surface area (Å²) in [6.45, 7) is 4.46. The van der Waals surface area contributed by atoms with E-state index in [1.54, 1.807) is 0 Å². The molecule has 2 aromatic heterocycles. The van der Waals surface area contributed by atoms with Gasteiger partial charge in [-0.3, -0.25) is 9.88 Å². The van der Waals surface area contributed by atoms with Crippen molar-refractivity contribution >= 4 is 26.8 Å². The van der Waals surface area contributed by atoms with Crippen molar-refractivity contribution in [3.8, 4) is 0 Å². The summed E-state index contributed by atoms with van der Waals surface area (Å²) in [5.74, 6) is 0.